The van der Waals surface area contributed by atoms with Gasteiger partial charge in [-0.1, -0.05) is 12.1 Å². The number of rotatable bonds is 3. The lowest BCUT2D eigenvalue weighted by molar-refractivity contribution is -0.136. The molecule has 38 heavy (non-hydrogen) atoms. The first-order valence-corrected chi connectivity index (χ1v) is 13.6. The van der Waals surface area contributed by atoms with Crippen molar-refractivity contribution in [2.75, 3.05) is 19.7 Å². The molecule has 1 aromatic heterocycles. The largest absolute Gasteiger partial charge is 0.492 e. The van der Waals surface area contributed by atoms with Gasteiger partial charge in [-0.25, -0.2) is 0 Å². The number of hydrogen-bond donors (Lipinski definition) is 2. The number of aromatic nitrogens is 1. The summed E-state index contributed by atoms with van der Waals surface area (Å²) in [5.74, 6) is 0.00143. The Labute approximate surface area is 221 Å². The Balaban J connectivity index is 1.07. The van der Waals surface area contributed by atoms with Gasteiger partial charge >= 0.3 is 0 Å². The maximum absolute atomic E-state index is 13.2. The van der Waals surface area contributed by atoms with Gasteiger partial charge in [0.2, 0.25) is 11.8 Å². The predicted molar refractivity (Wildman–Crippen MR) is 142 cm³/mol. The van der Waals surface area contributed by atoms with Crippen molar-refractivity contribution < 1.29 is 19.1 Å². The van der Waals surface area contributed by atoms with Crippen molar-refractivity contribution in [1.82, 2.24) is 20.1 Å². The van der Waals surface area contributed by atoms with E-state index in [0.717, 1.165) is 43.8 Å². The van der Waals surface area contributed by atoms with Crippen LogP contribution in [0.5, 0.6) is 5.75 Å². The summed E-state index contributed by atoms with van der Waals surface area (Å²) in [6.45, 7) is 8.24. The molecule has 3 aromatic rings. The number of benzene rings is 2. The highest BCUT2D eigenvalue weighted by Gasteiger charge is 2.46. The molecular formula is C30H32N4O4. The van der Waals surface area contributed by atoms with E-state index in [1.54, 1.807) is 4.90 Å². The molecule has 4 aliphatic rings. The van der Waals surface area contributed by atoms with E-state index in [0.29, 0.717) is 25.1 Å². The van der Waals surface area contributed by atoms with Crippen molar-refractivity contribution in [3.05, 3.63) is 63.8 Å². The zero-order chi connectivity index (χ0) is 26.2. The number of imide groups is 1. The van der Waals surface area contributed by atoms with Crippen molar-refractivity contribution in [2.45, 2.75) is 64.1 Å². The number of carbonyl (C=O) groups excluding carboxylic acids is 3. The van der Waals surface area contributed by atoms with Gasteiger partial charge in [0.15, 0.2) is 0 Å². The molecule has 1 spiro atoms. The van der Waals surface area contributed by atoms with Crippen LogP contribution in [-0.2, 0) is 28.1 Å². The predicted octanol–water partition coefficient (Wildman–Crippen LogP) is 3.47. The van der Waals surface area contributed by atoms with Crippen LogP contribution in [-0.4, -0.2) is 58.2 Å². The number of nitrogens with zero attached hydrogens (tertiary/aromatic N) is 2. The number of fused-ring (bicyclic) bond motifs is 4. The van der Waals surface area contributed by atoms with Crippen LogP contribution >= 0.6 is 0 Å². The Bertz CT molecular complexity index is 1510. The third-order valence-corrected chi connectivity index (χ3v) is 9.29. The average molecular weight is 513 g/mol. The molecule has 3 amide bonds. The number of hydrogen-bond acceptors (Lipinski definition) is 5. The van der Waals surface area contributed by atoms with Crippen LogP contribution in [0.3, 0.4) is 0 Å². The molecular weight excluding hydrogens is 480 g/mol. The minimum Gasteiger partial charge on any atom is -0.492 e. The molecule has 0 bridgehead atoms. The molecule has 4 aliphatic heterocycles. The van der Waals surface area contributed by atoms with E-state index in [9.17, 15) is 14.4 Å². The summed E-state index contributed by atoms with van der Waals surface area (Å²) < 4.78 is 6.18. The highest BCUT2D eigenvalue weighted by molar-refractivity contribution is 6.05. The van der Waals surface area contributed by atoms with E-state index in [4.69, 9.17) is 4.74 Å². The standard InChI is InChI=1S/C30H32N4O4/c1-17-18(2)31-24-11-19(3-4-21(17)24)14-33-9-7-30(8-10-33)16-38-26-13-22-20(12-23(26)30)15-34(29(22)37)25-5-6-27(35)32-28(25)36/h3-4,11-13,25,31H,5-10,14-16H2,1-2H3,(H,32,35,36). The molecule has 0 saturated carbocycles. The van der Waals surface area contributed by atoms with Crippen LogP contribution in [0.1, 0.15) is 64.0 Å². The number of aromatic amines is 1. The Morgan fingerprint density at radius 1 is 1.08 bits per heavy atom. The molecule has 2 N–H and O–H groups in total. The fourth-order valence-corrected chi connectivity index (χ4v) is 6.85. The van der Waals surface area contributed by atoms with Crippen molar-refractivity contribution in [3.63, 3.8) is 0 Å². The van der Waals surface area contributed by atoms with E-state index in [2.05, 4.69) is 53.3 Å². The van der Waals surface area contributed by atoms with Gasteiger partial charge in [-0.3, -0.25) is 24.6 Å². The van der Waals surface area contributed by atoms with Crippen LogP contribution in [0.4, 0.5) is 0 Å². The molecule has 0 aliphatic carbocycles. The van der Waals surface area contributed by atoms with Crippen LogP contribution < -0.4 is 10.1 Å². The topological polar surface area (TPSA) is 94.7 Å². The van der Waals surface area contributed by atoms with Crippen LogP contribution in [0.2, 0.25) is 0 Å². The number of aryl methyl sites for hydroxylation is 2. The first-order chi connectivity index (χ1) is 18.3. The number of carbonyl (C=O) groups is 3. The maximum Gasteiger partial charge on any atom is 0.255 e. The zero-order valence-electron chi connectivity index (χ0n) is 21.9. The Hall–Kier alpha value is -3.65. The highest BCUT2D eigenvalue weighted by atomic mass is 16.5. The summed E-state index contributed by atoms with van der Waals surface area (Å²) in [5.41, 5.74) is 7.81. The van der Waals surface area contributed by atoms with Crippen molar-refractivity contribution in [2.24, 2.45) is 0 Å². The average Bonchev–Trinajstić information content (AvgIpc) is 3.51. The lowest BCUT2D eigenvalue weighted by atomic mass is 9.74. The van der Waals surface area contributed by atoms with Crippen LogP contribution in [0, 0.1) is 13.8 Å². The van der Waals surface area contributed by atoms with Gasteiger partial charge in [0, 0.05) is 52.6 Å². The minimum atomic E-state index is -0.599. The highest BCUT2D eigenvalue weighted by Crippen LogP contribution is 2.48. The van der Waals surface area contributed by atoms with E-state index >= 15 is 0 Å². The number of nitrogens with one attached hydrogen (secondary N) is 2. The summed E-state index contributed by atoms with van der Waals surface area (Å²) in [7, 11) is 0. The van der Waals surface area contributed by atoms with Crippen LogP contribution in [0.25, 0.3) is 10.9 Å². The Morgan fingerprint density at radius 3 is 2.68 bits per heavy atom. The second-order valence-corrected chi connectivity index (χ2v) is 11.5. The minimum absolute atomic E-state index is 0.0381. The maximum atomic E-state index is 13.2. The molecule has 1 atom stereocenters. The molecule has 2 aromatic carbocycles. The first-order valence-electron chi connectivity index (χ1n) is 13.6. The zero-order valence-corrected chi connectivity index (χ0v) is 21.9. The fraction of sp³-hybridized carbons (Fsp3) is 0.433. The second kappa shape index (κ2) is 8.43. The molecule has 7 rings (SSSR count). The molecule has 0 radical (unpaired) electrons. The monoisotopic (exact) mass is 512 g/mol. The van der Waals surface area contributed by atoms with Crippen molar-refractivity contribution in [1.29, 1.82) is 0 Å². The summed E-state index contributed by atoms with van der Waals surface area (Å²) >= 11 is 0. The smallest absolute Gasteiger partial charge is 0.255 e. The van der Waals surface area contributed by atoms with Crippen molar-refractivity contribution >= 4 is 28.6 Å². The summed E-state index contributed by atoms with van der Waals surface area (Å²) in [6, 6.07) is 10.2. The fourth-order valence-electron chi connectivity index (χ4n) is 6.85. The normalized spacial score (nSPS) is 22.6. The molecule has 8 heteroatoms. The third kappa shape index (κ3) is 3.57. The molecule has 2 saturated heterocycles. The lowest BCUT2D eigenvalue weighted by Crippen LogP contribution is -2.52. The van der Waals surface area contributed by atoms with E-state index in [1.165, 1.54) is 33.3 Å². The van der Waals surface area contributed by atoms with Crippen LogP contribution in [0.15, 0.2) is 30.3 Å². The van der Waals surface area contributed by atoms with E-state index < -0.39 is 6.04 Å². The Morgan fingerprint density at radius 2 is 1.89 bits per heavy atom. The third-order valence-electron chi connectivity index (χ3n) is 9.29. The molecule has 196 valence electrons. The van der Waals surface area contributed by atoms with Crippen molar-refractivity contribution in [3.8, 4) is 5.75 Å². The van der Waals surface area contributed by atoms with Gasteiger partial charge in [0.1, 0.15) is 11.8 Å². The molecule has 5 heterocycles. The number of H-pyrrole nitrogens is 1. The molecule has 1 unspecified atom stereocenters. The van der Waals surface area contributed by atoms with E-state index in [1.807, 2.05) is 6.07 Å². The van der Waals surface area contributed by atoms with Gasteiger partial charge in [0.05, 0.1) is 6.61 Å². The van der Waals surface area contributed by atoms with Gasteiger partial charge in [-0.15, -0.1) is 0 Å². The summed E-state index contributed by atoms with van der Waals surface area (Å²) in [4.78, 5) is 44.8. The number of piperidine rings is 2. The number of ether oxygens (including phenoxy) is 1. The van der Waals surface area contributed by atoms with Gasteiger partial charge in [0.25, 0.3) is 5.91 Å². The van der Waals surface area contributed by atoms with Gasteiger partial charge in [-0.05, 0) is 81.1 Å². The number of amides is 3. The first kappa shape index (κ1) is 23.5. The SMILES string of the molecule is Cc1[nH]c2cc(CN3CCC4(CC3)COc3cc5c(cc34)CN(C3CCC(=O)NC3=O)C5=O)ccc2c1C. The second-order valence-electron chi connectivity index (χ2n) is 11.5. The Kier molecular flexibility index (Phi) is 5.20. The lowest BCUT2D eigenvalue weighted by Gasteiger charge is -2.38. The summed E-state index contributed by atoms with van der Waals surface area (Å²) in [6.07, 6.45) is 2.64. The van der Waals surface area contributed by atoms with E-state index in [-0.39, 0.29) is 29.6 Å². The number of likely N-dealkylation sites (tertiary alicyclic amines) is 1. The quantitative estimate of drug-likeness (QED) is 0.524. The van der Waals surface area contributed by atoms with Gasteiger partial charge in [-0.2, -0.15) is 0 Å². The van der Waals surface area contributed by atoms with Gasteiger partial charge < -0.3 is 14.6 Å². The summed E-state index contributed by atoms with van der Waals surface area (Å²) in [5, 5.41) is 3.67. The molecule has 8 nitrogen and oxygen atoms in total. The molecule has 2 fully saturated rings.